The summed E-state index contributed by atoms with van der Waals surface area (Å²) in [5, 5.41) is 3.45. The third kappa shape index (κ3) is 2.51. The number of ketones is 1. The van der Waals surface area contributed by atoms with Crippen LogP contribution in [-0.4, -0.2) is 16.8 Å². The summed E-state index contributed by atoms with van der Waals surface area (Å²) in [5.41, 5.74) is 8.30. The van der Waals surface area contributed by atoms with Gasteiger partial charge in [0.2, 0.25) is 0 Å². The Kier molecular flexibility index (Phi) is 3.19. The molecule has 0 aromatic carbocycles. The van der Waals surface area contributed by atoms with Crippen LogP contribution in [0.2, 0.25) is 0 Å². The van der Waals surface area contributed by atoms with Crippen molar-refractivity contribution in [1.29, 1.82) is 0 Å². The number of carbonyl (C=O) groups is 1. The average molecular weight is 273 g/mol. The first-order valence-electron chi connectivity index (χ1n) is 7.54. The molecule has 3 rings (SSSR count). The molecule has 3 N–H and O–H groups in total. The maximum atomic E-state index is 12.2. The van der Waals surface area contributed by atoms with Crippen molar-refractivity contribution < 1.29 is 4.79 Å². The third-order valence-electron chi connectivity index (χ3n) is 4.41. The SMILES string of the molecule is CC1(C)CC(=O)c2cc(N)c(NC3CCCC3)nc2C1. The van der Waals surface area contributed by atoms with Gasteiger partial charge in [0.05, 0.1) is 11.4 Å². The number of nitrogens with two attached hydrogens (primary N) is 1. The normalized spacial score (nSPS) is 21.8. The van der Waals surface area contributed by atoms with Crippen LogP contribution in [0.1, 0.15) is 62.0 Å². The second kappa shape index (κ2) is 4.76. The summed E-state index contributed by atoms with van der Waals surface area (Å²) in [7, 11) is 0. The minimum Gasteiger partial charge on any atom is -0.396 e. The number of fused-ring (bicyclic) bond motifs is 1. The summed E-state index contributed by atoms with van der Waals surface area (Å²) < 4.78 is 0. The van der Waals surface area contributed by atoms with Crippen LogP contribution >= 0.6 is 0 Å². The molecule has 4 nitrogen and oxygen atoms in total. The van der Waals surface area contributed by atoms with Gasteiger partial charge in [0.15, 0.2) is 5.78 Å². The van der Waals surface area contributed by atoms with Crippen molar-refractivity contribution in [3.05, 3.63) is 17.3 Å². The highest BCUT2D eigenvalue weighted by atomic mass is 16.1. The Bertz CT molecular complexity index is 545. The number of hydrogen-bond donors (Lipinski definition) is 2. The van der Waals surface area contributed by atoms with Gasteiger partial charge in [0.1, 0.15) is 5.82 Å². The topological polar surface area (TPSA) is 68.0 Å². The highest BCUT2D eigenvalue weighted by Gasteiger charge is 2.32. The van der Waals surface area contributed by atoms with E-state index in [0.717, 1.165) is 23.5 Å². The molecule has 0 aliphatic heterocycles. The molecule has 2 aliphatic carbocycles. The first-order valence-corrected chi connectivity index (χ1v) is 7.54. The number of aromatic nitrogens is 1. The fourth-order valence-corrected chi connectivity index (χ4v) is 3.37. The van der Waals surface area contributed by atoms with Gasteiger partial charge < -0.3 is 11.1 Å². The number of nitrogens with one attached hydrogen (secondary N) is 1. The molecule has 2 aliphatic rings. The lowest BCUT2D eigenvalue weighted by Crippen LogP contribution is -2.29. The van der Waals surface area contributed by atoms with Crippen LogP contribution in [0.4, 0.5) is 11.5 Å². The van der Waals surface area contributed by atoms with Gasteiger partial charge in [-0.1, -0.05) is 26.7 Å². The van der Waals surface area contributed by atoms with Crippen LogP contribution in [0.3, 0.4) is 0 Å². The predicted octanol–water partition coefficient (Wildman–Crippen LogP) is 3.17. The Morgan fingerprint density at radius 1 is 1.30 bits per heavy atom. The van der Waals surface area contributed by atoms with Crippen LogP contribution in [0, 0.1) is 5.41 Å². The zero-order valence-electron chi connectivity index (χ0n) is 12.3. The van der Waals surface area contributed by atoms with Crippen LogP contribution in [0.15, 0.2) is 6.07 Å². The Balaban J connectivity index is 1.91. The Hall–Kier alpha value is -1.58. The largest absolute Gasteiger partial charge is 0.396 e. The van der Waals surface area contributed by atoms with Crippen LogP contribution in [-0.2, 0) is 6.42 Å². The molecule has 1 fully saturated rings. The van der Waals surface area contributed by atoms with Crippen LogP contribution < -0.4 is 11.1 Å². The zero-order chi connectivity index (χ0) is 14.3. The fraction of sp³-hybridized carbons (Fsp3) is 0.625. The van der Waals surface area contributed by atoms with Gasteiger partial charge >= 0.3 is 0 Å². The molecule has 108 valence electrons. The number of nitrogens with zero attached hydrogens (tertiary/aromatic N) is 1. The highest BCUT2D eigenvalue weighted by molar-refractivity contribution is 6.00. The van der Waals surface area contributed by atoms with E-state index in [1.807, 2.05) is 6.07 Å². The maximum absolute atomic E-state index is 12.2. The van der Waals surface area contributed by atoms with Gasteiger partial charge in [-0.2, -0.15) is 0 Å². The lowest BCUT2D eigenvalue weighted by Gasteiger charge is -2.30. The van der Waals surface area contributed by atoms with Crippen LogP contribution in [0.5, 0.6) is 0 Å². The van der Waals surface area contributed by atoms with Crippen molar-refractivity contribution in [2.24, 2.45) is 5.41 Å². The molecule has 0 atom stereocenters. The van der Waals surface area contributed by atoms with Crippen molar-refractivity contribution in [2.45, 2.75) is 58.4 Å². The molecule has 1 saturated carbocycles. The summed E-state index contributed by atoms with van der Waals surface area (Å²) in [6, 6.07) is 2.30. The fourth-order valence-electron chi connectivity index (χ4n) is 3.37. The predicted molar refractivity (Wildman–Crippen MR) is 81.0 cm³/mol. The standard InChI is InChI=1S/C16H23N3O/c1-16(2)8-13-11(14(20)9-16)7-12(17)15(19-13)18-10-5-3-4-6-10/h7,10H,3-6,8-9,17H2,1-2H3,(H,18,19). The van der Waals surface area contributed by atoms with Gasteiger partial charge in [0.25, 0.3) is 0 Å². The summed E-state index contributed by atoms with van der Waals surface area (Å²) in [4.78, 5) is 16.9. The second-order valence-electron chi connectivity index (χ2n) is 6.99. The minimum atomic E-state index is -0.00216. The third-order valence-corrected chi connectivity index (χ3v) is 4.41. The zero-order valence-corrected chi connectivity index (χ0v) is 12.3. The minimum absolute atomic E-state index is 0.00216. The molecular weight excluding hydrogens is 250 g/mol. The summed E-state index contributed by atoms with van der Waals surface area (Å²) in [5.74, 6) is 0.934. The summed E-state index contributed by atoms with van der Waals surface area (Å²) in [6.45, 7) is 4.24. The van der Waals surface area contributed by atoms with Crippen molar-refractivity contribution in [1.82, 2.24) is 4.98 Å². The van der Waals surface area contributed by atoms with E-state index in [1.54, 1.807) is 0 Å². The van der Waals surface area contributed by atoms with Gasteiger partial charge in [-0.25, -0.2) is 4.98 Å². The molecule has 0 saturated heterocycles. The number of Topliss-reactive ketones (excluding diaryl/α,β-unsaturated/α-hetero) is 1. The van der Waals surface area contributed by atoms with Crippen molar-refractivity contribution >= 4 is 17.3 Å². The van der Waals surface area contributed by atoms with E-state index in [-0.39, 0.29) is 11.2 Å². The summed E-state index contributed by atoms with van der Waals surface area (Å²) >= 11 is 0. The maximum Gasteiger partial charge on any atom is 0.165 e. The van der Waals surface area contributed by atoms with Crippen molar-refractivity contribution in [3.63, 3.8) is 0 Å². The summed E-state index contributed by atoms with van der Waals surface area (Å²) in [6.07, 6.45) is 6.33. The molecule has 0 unspecified atom stereocenters. The van der Waals surface area contributed by atoms with Crippen molar-refractivity contribution in [2.75, 3.05) is 11.1 Å². The molecule has 1 aromatic rings. The van der Waals surface area contributed by atoms with Gasteiger partial charge in [0, 0.05) is 18.0 Å². The number of nitrogen functional groups attached to an aromatic ring is 1. The van der Waals surface area contributed by atoms with E-state index in [9.17, 15) is 4.79 Å². The lowest BCUT2D eigenvalue weighted by atomic mass is 9.75. The van der Waals surface area contributed by atoms with Gasteiger partial charge in [-0.3, -0.25) is 4.79 Å². The van der Waals surface area contributed by atoms with E-state index >= 15 is 0 Å². The molecule has 0 bridgehead atoms. The van der Waals surface area contributed by atoms with E-state index in [4.69, 9.17) is 5.73 Å². The average Bonchev–Trinajstić information content (AvgIpc) is 2.83. The molecule has 1 aromatic heterocycles. The molecule has 1 heterocycles. The molecule has 20 heavy (non-hydrogen) atoms. The molecule has 0 amide bonds. The van der Waals surface area contributed by atoms with E-state index in [0.29, 0.717) is 18.2 Å². The number of pyridine rings is 1. The Labute approximate surface area is 120 Å². The molecule has 0 radical (unpaired) electrons. The van der Waals surface area contributed by atoms with Crippen molar-refractivity contribution in [3.8, 4) is 0 Å². The number of carbonyl (C=O) groups excluding carboxylic acids is 1. The first kappa shape index (κ1) is 13.4. The first-order chi connectivity index (χ1) is 9.44. The van der Waals surface area contributed by atoms with E-state index in [1.165, 1.54) is 25.7 Å². The Morgan fingerprint density at radius 3 is 2.70 bits per heavy atom. The second-order valence-corrected chi connectivity index (χ2v) is 6.99. The molecule has 0 spiro atoms. The Morgan fingerprint density at radius 2 is 2.00 bits per heavy atom. The number of anilines is 2. The molecular formula is C16H23N3O. The lowest BCUT2D eigenvalue weighted by molar-refractivity contribution is 0.0910. The quantitative estimate of drug-likeness (QED) is 0.868. The smallest absolute Gasteiger partial charge is 0.165 e. The molecule has 4 heteroatoms. The highest BCUT2D eigenvalue weighted by Crippen LogP contribution is 2.36. The van der Waals surface area contributed by atoms with Crippen LogP contribution in [0.25, 0.3) is 0 Å². The van der Waals surface area contributed by atoms with Gasteiger partial charge in [-0.15, -0.1) is 0 Å². The monoisotopic (exact) mass is 273 g/mol. The van der Waals surface area contributed by atoms with E-state index < -0.39 is 0 Å². The number of hydrogen-bond acceptors (Lipinski definition) is 4. The van der Waals surface area contributed by atoms with E-state index in [2.05, 4.69) is 24.1 Å². The number of rotatable bonds is 2. The van der Waals surface area contributed by atoms with Gasteiger partial charge in [-0.05, 0) is 30.7 Å².